The van der Waals surface area contributed by atoms with Gasteiger partial charge in [-0.25, -0.2) is 18.5 Å². The molecule has 3 aromatic carbocycles. The molecule has 0 radical (unpaired) electrons. The SMILES string of the molecule is CCc1cc(Nc2ncc(Cl)c(Nc3cccc(OC)c3CS(N)(=O)=O)n2)c(OC(F)F)cc1N1CCC(N2CCN(CCc3ccc4c(c3)CN(C3CCC(=O)NC3=O)C4=O)CC2)CC1. The lowest BCUT2D eigenvalue weighted by Gasteiger charge is -2.43. The van der Waals surface area contributed by atoms with E-state index in [0.29, 0.717) is 36.7 Å². The van der Waals surface area contributed by atoms with Crippen LogP contribution in [0.1, 0.15) is 65.2 Å². The molecule has 3 saturated heterocycles. The number of nitrogens with two attached hydrogens (primary N) is 1. The molecule has 1 aromatic heterocycles. The van der Waals surface area contributed by atoms with Crippen LogP contribution in [0.15, 0.2) is 54.7 Å². The number of imide groups is 1. The van der Waals surface area contributed by atoms with Gasteiger partial charge in [-0.15, -0.1) is 0 Å². The molecule has 8 rings (SSSR count). The van der Waals surface area contributed by atoms with E-state index < -0.39 is 34.3 Å². The molecule has 0 bridgehead atoms. The molecule has 352 valence electrons. The molecule has 0 saturated carbocycles. The number of anilines is 5. The topological polar surface area (TPSA) is 205 Å². The van der Waals surface area contributed by atoms with E-state index in [1.54, 1.807) is 35.2 Å². The normalized spacial score (nSPS) is 18.7. The summed E-state index contributed by atoms with van der Waals surface area (Å²) in [5, 5.41) is 13.9. The molecule has 3 amide bonds. The Bertz CT molecular complexity index is 2590. The van der Waals surface area contributed by atoms with Gasteiger partial charge in [0.15, 0.2) is 11.6 Å². The summed E-state index contributed by atoms with van der Waals surface area (Å²) in [7, 11) is -2.54. The monoisotopic (exact) mass is 950 g/mol. The van der Waals surface area contributed by atoms with Crippen molar-refractivity contribution in [2.75, 3.05) is 68.5 Å². The second-order valence-corrected chi connectivity index (χ2v) is 18.9. The molecular formula is C45H53ClF2N10O7S. The molecule has 4 aliphatic rings. The van der Waals surface area contributed by atoms with E-state index in [1.165, 1.54) is 13.3 Å². The number of aromatic nitrogens is 2. The molecule has 0 aliphatic carbocycles. The predicted octanol–water partition coefficient (Wildman–Crippen LogP) is 5.17. The van der Waals surface area contributed by atoms with Gasteiger partial charge >= 0.3 is 6.61 Å². The lowest BCUT2D eigenvalue weighted by molar-refractivity contribution is -0.136. The van der Waals surface area contributed by atoms with Crippen LogP contribution < -0.4 is 35.5 Å². The number of fused-ring (bicyclic) bond motifs is 1. The number of nitrogens with zero attached hydrogens (tertiary/aromatic N) is 6. The number of carbonyl (C=O) groups excluding carboxylic acids is 3. The van der Waals surface area contributed by atoms with Gasteiger partial charge in [0.25, 0.3) is 5.91 Å². The van der Waals surface area contributed by atoms with E-state index in [0.717, 1.165) is 87.5 Å². The highest BCUT2D eigenvalue weighted by atomic mass is 35.5. The van der Waals surface area contributed by atoms with E-state index in [-0.39, 0.29) is 57.8 Å². The van der Waals surface area contributed by atoms with Gasteiger partial charge in [-0.3, -0.25) is 24.6 Å². The maximum Gasteiger partial charge on any atom is 0.387 e. The van der Waals surface area contributed by atoms with Gasteiger partial charge in [-0.1, -0.05) is 36.7 Å². The molecule has 3 fully saturated rings. The minimum atomic E-state index is -3.94. The van der Waals surface area contributed by atoms with Crippen LogP contribution in [-0.2, 0) is 44.8 Å². The van der Waals surface area contributed by atoms with E-state index in [4.69, 9.17) is 26.2 Å². The summed E-state index contributed by atoms with van der Waals surface area (Å²) in [4.78, 5) is 54.8. The van der Waals surface area contributed by atoms with Gasteiger partial charge in [0.1, 0.15) is 16.8 Å². The lowest BCUT2D eigenvalue weighted by atomic mass is 9.99. The molecule has 5 N–H and O–H groups in total. The fourth-order valence-electron chi connectivity index (χ4n) is 9.36. The van der Waals surface area contributed by atoms with Crippen molar-refractivity contribution in [2.45, 2.75) is 76.4 Å². The van der Waals surface area contributed by atoms with Crippen molar-refractivity contribution >= 4 is 68.2 Å². The van der Waals surface area contributed by atoms with E-state index in [2.05, 4.69) is 46.7 Å². The number of carbonyl (C=O) groups is 3. The first-order valence-electron chi connectivity index (χ1n) is 22.0. The number of ether oxygens (including phenoxy) is 2. The summed E-state index contributed by atoms with van der Waals surface area (Å²) < 4.78 is 62.3. The van der Waals surface area contributed by atoms with Gasteiger partial charge < -0.3 is 34.8 Å². The van der Waals surface area contributed by atoms with Crippen LogP contribution in [0.5, 0.6) is 11.5 Å². The van der Waals surface area contributed by atoms with Crippen molar-refractivity contribution in [1.82, 2.24) is 30.0 Å². The molecular weight excluding hydrogens is 898 g/mol. The van der Waals surface area contributed by atoms with Gasteiger partial charge in [-0.05, 0) is 73.1 Å². The minimum Gasteiger partial charge on any atom is -0.496 e. The maximum atomic E-state index is 13.9. The standard InChI is InChI=1S/C45H53ClF2N10O7S/c1-3-28-22-35(52-45-50-24-33(46)41(54-45)51-34-5-4-6-38(64-2)32(34)26-66(49,62)63)39(65-44(47)48)23-37(28)57-15-12-30(13-16-57)56-19-17-55(18-20-56)14-11-27-7-8-31-29(21-27)25-58(43(31)61)36-9-10-40(59)53-42(36)60/h4-8,21-24,30,36,44H,3,9-20,25-26H2,1-2H3,(H2,49,62,63)(H,53,59,60)(H2,50,51,52,54). The van der Waals surface area contributed by atoms with Gasteiger partial charge in [0.2, 0.25) is 27.8 Å². The summed E-state index contributed by atoms with van der Waals surface area (Å²) in [6, 6.07) is 14.0. The van der Waals surface area contributed by atoms with Gasteiger partial charge in [0, 0.05) is 93.4 Å². The number of amides is 3. The zero-order valence-electron chi connectivity index (χ0n) is 36.7. The van der Waals surface area contributed by atoms with Crippen molar-refractivity contribution in [3.8, 4) is 11.5 Å². The summed E-state index contributed by atoms with van der Waals surface area (Å²) in [6.07, 6.45) is 5.17. The molecule has 1 unspecified atom stereocenters. The van der Waals surface area contributed by atoms with Crippen LogP contribution >= 0.6 is 11.6 Å². The fourth-order valence-corrected chi connectivity index (χ4v) is 10.2. The summed E-state index contributed by atoms with van der Waals surface area (Å²) >= 11 is 6.46. The molecule has 0 spiro atoms. The number of hydrogen-bond donors (Lipinski definition) is 4. The Morgan fingerprint density at radius 3 is 2.44 bits per heavy atom. The van der Waals surface area contributed by atoms with Gasteiger partial charge in [0.05, 0.1) is 24.7 Å². The van der Waals surface area contributed by atoms with Crippen molar-refractivity contribution in [3.63, 3.8) is 0 Å². The van der Waals surface area contributed by atoms with Crippen molar-refractivity contribution in [3.05, 3.63) is 87.6 Å². The smallest absolute Gasteiger partial charge is 0.387 e. The van der Waals surface area contributed by atoms with Crippen molar-refractivity contribution in [2.24, 2.45) is 5.14 Å². The number of aryl methyl sites for hydroxylation is 1. The first-order chi connectivity index (χ1) is 31.7. The third-order valence-corrected chi connectivity index (χ3v) is 13.7. The Labute approximate surface area is 387 Å². The quantitative estimate of drug-likeness (QED) is 0.107. The van der Waals surface area contributed by atoms with Crippen LogP contribution in [0.2, 0.25) is 5.02 Å². The van der Waals surface area contributed by atoms with Crippen LogP contribution in [0.4, 0.5) is 37.6 Å². The van der Waals surface area contributed by atoms with Gasteiger partial charge in [-0.2, -0.15) is 13.8 Å². The van der Waals surface area contributed by atoms with E-state index in [1.807, 2.05) is 19.1 Å². The number of methoxy groups -OCH3 is 1. The zero-order valence-corrected chi connectivity index (χ0v) is 38.3. The minimum absolute atomic E-state index is 0.0219. The predicted molar refractivity (Wildman–Crippen MR) is 245 cm³/mol. The summed E-state index contributed by atoms with van der Waals surface area (Å²) in [6.45, 7) is 5.40. The third-order valence-electron chi connectivity index (χ3n) is 12.8. The van der Waals surface area contributed by atoms with Crippen LogP contribution in [0, 0.1) is 0 Å². The maximum absolute atomic E-state index is 13.9. The number of primary sulfonamides is 1. The molecule has 4 aliphatic heterocycles. The average molecular weight is 951 g/mol. The summed E-state index contributed by atoms with van der Waals surface area (Å²) in [5.74, 6) is -1.06. The number of benzene rings is 3. The van der Waals surface area contributed by atoms with E-state index in [9.17, 15) is 31.6 Å². The molecule has 17 nitrogen and oxygen atoms in total. The second kappa shape index (κ2) is 20.1. The number of sulfonamides is 1. The Hall–Kier alpha value is -5.67. The molecule has 1 atom stereocenters. The second-order valence-electron chi connectivity index (χ2n) is 16.9. The zero-order chi connectivity index (χ0) is 46.7. The molecule has 4 aromatic rings. The number of nitrogens with one attached hydrogen (secondary N) is 3. The number of piperazine rings is 1. The first-order valence-corrected chi connectivity index (χ1v) is 24.1. The number of halogens is 3. The molecule has 5 heterocycles. The fraction of sp³-hybridized carbons (Fsp3) is 0.444. The largest absolute Gasteiger partial charge is 0.496 e. The Morgan fingerprint density at radius 2 is 1.74 bits per heavy atom. The average Bonchev–Trinajstić information content (AvgIpc) is 3.61. The number of hydrogen-bond acceptors (Lipinski definition) is 14. The summed E-state index contributed by atoms with van der Waals surface area (Å²) in [5.41, 5.74) is 5.24. The molecule has 66 heavy (non-hydrogen) atoms. The van der Waals surface area contributed by atoms with Crippen molar-refractivity contribution in [1.29, 1.82) is 0 Å². The Morgan fingerprint density at radius 1 is 0.970 bits per heavy atom. The Kier molecular flexibility index (Phi) is 14.2. The number of alkyl halides is 2. The number of piperidine rings is 2. The highest BCUT2D eigenvalue weighted by molar-refractivity contribution is 7.88. The Balaban J connectivity index is 0.865. The van der Waals surface area contributed by atoms with Crippen LogP contribution in [0.3, 0.4) is 0 Å². The lowest BCUT2D eigenvalue weighted by Crippen LogP contribution is -2.53. The number of rotatable bonds is 16. The third kappa shape index (κ3) is 10.8. The molecule has 21 heteroatoms. The van der Waals surface area contributed by atoms with Crippen LogP contribution in [0.25, 0.3) is 0 Å². The van der Waals surface area contributed by atoms with Crippen molar-refractivity contribution < 1.29 is 41.1 Å². The van der Waals surface area contributed by atoms with E-state index >= 15 is 0 Å². The highest BCUT2D eigenvalue weighted by Gasteiger charge is 2.39. The first kappa shape index (κ1) is 46.8. The van der Waals surface area contributed by atoms with Crippen LogP contribution in [-0.4, -0.2) is 122 Å². The highest BCUT2D eigenvalue weighted by Crippen LogP contribution is 2.39.